The zero-order chi connectivity index (χ0) is 14.5. The highest BCUT2D eigenvalue weighted by atomic mass is 32.2. The zero-order valence-corrected chi connectivity index (χ0v) is 13.6. The van der Waals surface area contributed by atoms with Gasteiger partial charge in [-0.05, 0) is 31.1 Å². The van der Waals surface area contributed by atoms with Crippen LogP contribution < -0.4 is 14.8 Å². The van der Waals surface area contributed by atoms with Crippen LogP contribution in [0.2, 0.25) is 0 Å². The Morgan fingerprint density at radius 2 is 2.14 bits per heavy atom. The van der Waals surface area contributed by atoms with Gasteiger partial charge in [0.05, 0.1) is 13.2 Å². The lowest BCUT2D eigenvalue weighted by Crippen LogP contribution is -2.26. The van der Waals surface area contributed by atoms with Crippen molar-refractivity contribution < 1.29 is 9.47 Å². The molecule has 0 aromatic heterocycles. The summed E-state index contributed by atoms with van der Waals surface area (Å²) in [6.45, 7) is 4.63. The number of para-hydroxylation sites is 1. The molecule has 1 N–H and O–H groups in total. The van der Waals surface area contributed by atoms with Gasteiger partial charge in [-0.2, -0.15) is 11.8 Å². The average molecular weight is 307 g/mol. The first-order valence-electron chi connectivity index (χ1n) is 8.09. The van der Waals surface area contributed by atoms with Crippen LogP contribution in [0.4, 0.5) is 0 Å². The first-order chi connectivity index (χ1) is 10.4. The molecule has 0 amide bonds. The standard InChI is InChI=1S/C17H25NO2S/c1-2-21-15-8-7-14(11-15)18-12-13-5-3-6-16-17(13)20-10-4-9-19-16/h3,5-6,14-15,18H,2,4,7-12H2,1H3. The van der Waals surface area contributed by atoms with Gasteiger partial charge in [0.25, 0.3) is 0 Å². The van der Waals surface area contributed by atoms with E-state index in [0.717, 1.165) is 42.9 Å². The molecule has 2 unspecified atom stereocenters. The summed E-state index contributed by atoms with van der Waals surface area (Å²) in [4.78, 5) is 0. The molecule has 4 heteroatoms. The molecule has 3 rings (SSSR count). The molecule has 1 aliphatic heterocycles. The molecule has 1 aromatic rings. The molecular formula is C17H25NO2S. The average Bonchev–Trinajstić information content (AvgIpc) is 2.80. The lowest BCUT2D eigenvalue weighted by Gasteiger charge is -2.16. The number of benzene rings is 1. The summed E-state index contributed by atoms with van der Waals surface area (Å²) >= 11 is 2.11. The van der Waals surface area contributed by atoms with Crippen molar-refractivity contribution in [2.75, 3.05) is 19.0 Å². The van der Waals surface area contributed by atoms with Crippen molar-refractivity contribution in [3.05, 3.63) is 23.8 Å². The van der Waals surface area contributed by atoms with Crippen molar-refractivity contribution >= 4 is 11.8 Å². The van der Waals surface area contributed by atoms with Crippen LogP contribution in [0.3, 0.4) is 0 Å². The summed E-state index contributed by atoms with van der Waals surface area (Å²) in [5, 5.41) is 4.56. The van der Waals surface area contributed by atoms with Crippen LogP contribution in [0.1, 0.15) is 38.2 Å². The number of ether oxygens (including phenoxy) is 2. The molecule has 1 heterocycles. The van der Waals surface area contributed by atoms with Crippen molar-refractivity contribution in [2.24, 2.45) is 0 Å². The number of thioether (sulfide) groups is 1. The topological polar surface area (TPSA) is 30.5 Å². The summed E-state index contributed by atoms with van der Waals surface area (Å²) in [5.74, 6) is 3.08. The van der Waals surface area contributed by atoms with Crippen LogP contribution in [0.15, 0.2) is 18.2 Å². The Bertz CT molecular complexity index is 466. The van der Waals surface area contributed by atoms with Crippen LogP contribution >= 0.6 is 11.8 Å². The van der Waals surface area contributed by atoms with Crippen LogP contribution in [0, 0.1) is 0 Å². The van der Waals surface area contributed by atoms with E-state index in [9.17, 15) is 0 Å². The summed E-state index contributed by atoms with van der Waals surface area (Å²) < 4.78 is 11.6. The molecule has 0 bridgehead atoms. The van der Waals surface area contributed by atoms with E-state index in [1.807, 2.05) is 6.07 Å². The third kappa shape index (κ3) is 3.86. The maximum atomic E-state index is 5.89. The van der Waals surface area contributed by atoms with E-state index < -0.39 is 0 Å². The van der Waals surface area contributed by atoms with E-state index >= 15 is 0 Å². The molecule has 0 spiro atoms. The minimum absolute atomic E-state index is 0.650. The van der Waals surface area contributed by atoms with Gasteiger partial charge in [0, 0.05) is 29.8 Å². The van der Waals surface area contributed by atoms with Gasteiger partial charge < -0.3 is 14.8 Å². The number of hydrogen-bond donors (Lipinski definition) is 1. The second-order valence-corrected chi connectivity index (χ2v) is 7.34. The summed E-state index contributed by atoms with van der Waals surface area (Å²) in [7, 11) is 0. The third-order valence-corrected chi connectivity index (χ3v) is 5.45. The Hall–Kier alpha value is -0.870. The van der Waals surface area contributed by atoms with Gasteiger partial charge in [0.2, 0.25) is 0 Å². The van der Waals surface area contributed by atoms with Gasteiger partial charge >= 0.3 is 0 Å². The Labute approximate surface area is 131 Å². The Kier molecular flexibility index (Phi) is 5.31. The molecule has 2 aliphatic rings. The predicted octanol–water partition coefficient (Wildman–Crippen LogP) is 3.61. The van der Waals surface area contributed by atoms with E-state index in [4.69, 9.17) is 9.47 Å². The number of nitrogens with one attached hydrogen (secondary N) is 1. The molecule has 3 nitrogen and oxygen atoms in total. The van der Waals surface area contributed by atoms with E-state index in [0.29, 0.717) is 6.04 Å². The van der Waals surface area contributed by atoms with Crippen molar-refractivity contribution in [3.8, 4) is 11.5 Å². The minimum Gasteiger partial charge on any atom is -0.490 e. The highest BCUT2D eigenvalue weighted by Gasteiger charge is 2.24. The minimum atomic E-state index is 0.650. The van der Waals surface area contributed by atoms with Gasteiger partial charge in [-0.1, -0.05) is 19.1 Å². The van der Waals surface area contributed by atoms with E-state index in [1.165, 1.54) is 30.6 Å². The lowest BCUT2D eigenvalue weighted by atomic mass is 10.1. The third-order valence-electron chi connectivity index (χ3n) is 4.22. The van der Waals surface area contributed by atoms with Crippen molar-refractivity contribution in [2.45, 2.75) is 50.4 Å². The van der Waals surface area contributed by atoms with Gasteiger partial charge in [-0.15, -0.1) is 0 Å². The summed E-state index contributed by atoms with van der Waals surface area (Å²) in [6, 6.07) is 6.87. The van der Waals surface area contributed by atoms with Crippen molar-refractivity contribution in [3.63, 3.8) is 0 Å². The van der Waals surface area contributed by atoms with Crippen LogP contribution in [0.25, 0.3) is 0 Å². The van der Waals surface area contributed by atoms with Crippen LogP contribution in [0.5, 0.6) is 11.5 Å². The Balaban J connectivity index is 1.58. The number of fused-ring (bicyclic) bond motifs is 1. The van der Waals surface area contributed by atoms with Gasteiger partial charge in [0.15, 0.2) is 11.5 Å². The van der Waals surface area contributed by atoms with Gasteiger partial charge in [0.1, 0.15) is 0 Å². The summed E-state index contributed by atoms with van der Waals surface area (Å²) in [6.07, 6.45) is 4.90. The maximum Gasteiger partial charge on any atom is 0.165 e. The van der Waals surface area contributed by atoms with E-state index in [2.05, 4.69) is 36.1 Å². The normalized spacial score (nSPS) is 24.8. The largest absolute Gasteiger partial charge is 0.490 e. The fourth-order valence-electron chi connectivity index (χ4n) is 3.16. The van der Waals surface area contributed by atoms with Crippen molar-refractivity contribution in [1.82, 2.24) is 5.32 Å². The molecule has 0 saturated heterocycles. The molecule has 1 fully saturated rings. The van der Waals surface area contributed by atoms with Crippen LogP contribution in [-0.4, -0.2) is 30.3 Å². The first kappa shape index (κ1) is 15.0. The molecular weight excluding hydrogens is 282 g/mol. The second kappa shape index (κ2) is 7.41. The maximum absolute atomic E-state index is 5.89. The lowest BCUT2D eigenvalue weighted by molar-refractivity contribution is 0.295. The van der Waals surface area contributed by atoms with Gasteiger partial charge in [-0.25, -0.2) is 0 Å². The SMILES string of the molecule is CCSC1CCC(NCc2cccc3c2OCCCO3)C1. The molecule has 1 saturated carbocycles. The molecule has 1 aromatic carbocycles. The molecule has 21 heavy (non-hydrogen) atoms. The van der Waals surface area contributed by atoms with Crippen LogP contribution in [-0.2, 0) is 6.54 Å². The molecule has 2 atom stereocenters. The van der Waals surface area contributed by atoms with Gasteiger partial charge in [-0.3, -0.25) is 0 Å². The highest BCUT2D eigenvalue weighted by Crippen LogP contribution is 2.34. The number of rotatable bonds is 5. The Morgan fingerprint density at radius 1 is 1.24 bits per heavy atom. The smallest absolute Gasteiger partial charge is 0.165 e. The zero-order valence-electron chi connectivity index (χ0n) is 12.8. The quantitative estimate of drug-likeness (QED) is 0.900. The molecule has 0 radical (unpaired) electrons. The second-order valence-electron chi connectivity index (χ2n) is 5.76. The summed E-state index contributed by atoms with van der Waals surface area (Å²) in [5.41, 5.74) is 1.22. The van der Waals surface area contributed by atoms with Crippen molar-refractivity contribution in [1.29, 1.82) is 0 Å². The molecule has 116 valence electrons. The predicted molar refractivity (Wildman–Crippen MR) is 88.4 cm³/mol. The number of hydrogen-bond acceptors (Lipinski definition) is 4. The fourth-order valence-corrected chi connectivity index (χ4v) is 4.30. The highest BCUT2D eigenvalue weighted by molar-refractivity contribution is 7.99. The first-order valence-corrected chi connectivity index (χ1v) is 9.14. The molecule has 1 aliphatic carbocycles. The van der Waals surface area contributed by atoms with E-state index in [1.54, 1.807) is 0 Å². The monoisotopic (exact) mass is 307 g/mol. The fraction of sp³-hybridized carbons (Fsp3) is 0.647. The van der Waals surface area contributed by atoms with E-state index in [-0.39, 0.29) is 0 Å². The Morgan fingerprint density at radius 3 is 3.05 bits per heavy atom.